The predicted molar refractivity (Wildman–Crippen MR) is 288 cm³/mol. The van der Waals surface area contributed by atoms with Gasteiger partial charge in [0, 0.05) is 19.3 Å². The van der Waals surface area contributed by atoms with E-state index in [0.717, 1.165) is 103 Å². The molecule has 0 aromatic rings. The van der Waals surface area contributed by atoms with E-state index in [4.69, 9.17) is 14.2 Å². The Morgan fingerprint density at radius 1 is 0.313 bits per heavy atom. The minimum Gasteiger partial charge on any atom is -0.462 e. The van der Waals surface area contributed by atoms with Crippen molar-refractivity contribution in [2.24, 2.45) is 0 Å². The highest BCUT2D eigenvalue weighted by Crippen LogP contribution is 2.14. The lowest BCUT2D eigenvalue weighted by atomic mass is 10.1. The van der Waals surface area contributed by atoms with E-state index in [1.807, 2.05) is 12.2 Å². The summed E-state index contributed by atoms with van der Waals surface area (Å²) in [6, 6.07) is 0. The zero-order valence-electron chi connectivity index (χ0n) is 43.4. The number of carbonyl (C=O) groups is 3. The van der Waals surface area contributed by atoms with Gasteiger partial charge in [0.1, 0.15) is 13.2 Å². The SMILES string of the molecule is CC/C=C\C/C=C\C/C=C\C/C=C\CCCCCCCCCCCCC(=O)OCC(COC(=O)CCCCCCC/C=C\CCCCCC)OC(=O)CC/C=C\C/C=C\C/C=C\C/C=C\CC. The molecule has 67 heavy (non-hydrogen) atoms. The van der Waals surface area contributed by atoms with E-state index >= 15 is 0 Å². The topological polar surface area (TPSA) is 78.9 Å². The molecule has 0 saturated heterocycles. The Morgan fingerprint density at radius 2 is 0.612 bits per heavy atom. The first kappa shape index (κ1) is 63.1. The Morgan fingerprint density at radius 3 is 0.985 bits per heavy atom. The number of hydrogen-bond donors (Lipinski definition) is 0. The van der Waals surface area contributed by atoms with Crippen LogP contribution in [0.1, 0.15) is 239 Å². The summed E-state index contributed by atoms with van der Waals surface area (Å²) in [5.41, 5.74) is 0. The van der Waals surface area contributed by atoms with Crippen LogP contribution in [0.25, 0.3) is 0 Å². The van der Waals surface area contributed by atoms with E-state index < -0.39 is 12.1 Å². The zero-order chi connectivity index (χ0) is 48.6. The third-order valence-corrected chi connectivity index (χ3v) is 11.3. The van der Waals surface area contributed by atoms with Crippen molar-refractivity contribution in [3.8, 4) is 0 Å². The predicted octanol–water partition coefficient (Wildman–Crippen LogP) is 18.3. The van der Waals surface area contributed by atoms with Gasteiger partial charge in [-0.2, -0.15) is 0 Å². The quantitative estimate of drug-likeness (QED) is 0.0262. The van der Waals surface area contributed by atoms with Crippen molar-refractivity contribution in [2.45, 2.75) is 245 Å². The van der Waals surface area contributed by atoms with Crippen LogP contribution in [0.3, 0.4) is 0 Å². The van der Waals surface area contributed by atoms with Crippen LogP contribution < -0.4 is 0 Å². The molecule has 0 radical (unpaired) electrons. The fourth-order valence-electron chi connectivity index (χ4n) is 7.21. The second-order valence-electron chi connectivity index (χ2n) is 17.7. The average Bonchev–Trinajstić information content (AvgIpc) is 3.33. The molecule has 0 spiro atoms. The van der Waals surface area contributed by atoms with Crippen molar-refractivity contribution in [2.75, 3.05) is 13.2 Å². The number of hydrogen-bond acceptors (Lipinski definition) is 6. The highest BCUT2D eigenvalue weighted by molar-refractivity contribution is 5.71. The van der Waals surface area contributed by atoms with Gasteiger partial charge in [-0.05, 0) is 109 Å². The van der Waals surface area contributed by atoms with Crippen molar-refractivity contribution in [1.29, 1.82) is 0 Å². The molecule has 6 nitrogen and oxygen atoms in total. The van der Waals surface area contributed by atoms with Gasteiger partial charge in [-0.1, -0.05) is 220 Å². The first-order valence-corrected chi connectivity index (χ1v) is 27.4. The molecule has 1 unspecified atom stereocenters. The van der Waals surface area contributed by atoms with Crippen LogP contribution in [0, 0.1) is 0 Å². The molecule has 0 aliphatic rings. The van der Waals surface area contributed by atoms with Gasteiger partial charge in [0.25, 0.3) is 0 Å². The maximum absolute atomic E-state index is 12.8. The highest BCUT2D eigenvalue weighted by atomic mass is 16.6. The molecule has 0 bridgehead atoms. The molecule has 0 fully saturated rings. The molecule has 1 atom stereocenters. The number of carbonyl (C=O) groups excluding carboxylic acids is 3. The molecule has 0 amide bonds. The van der Waals surface area contributed by atoms with Crippen LogP contribution in [-0.4, -0.2) is 37.2 Å². The number of rotatable bonds is 48. The van der Waals surface area contributed by atoms with Crippen molar-refractivity contribution in [3.63, 3.8) is 0 Å². The summed E-state index contributed by atoms with van der Waals surface area (Å²) < 4.78 is 16.7. The molecular formula is C61H100O6. The minimum absolute atomic E-state index is 0.113. The fraction of sp³-hybridized carbons (Fsp3) is 0.656. The Hall–Kier alpha value is -3.93. The van der Waals surface area contributed by atoms with E-state index in [1.54, 1.807) is 0 Å². The van der Waals surface area contributed by atoms with Gasteiger partial charge < -0.3 is 14.2 Å². The van der Waals surface area contributed by atoms with Gasteiger partial charge >= 0.3 is 17.9 Å². The van der Waals surface area contributed by atoms with Crippen LogP contribution >= 0.6 is 0 Å². The summed E-state index contributed by atoms with van der Waals surface area (Å²) in [7, 11) is 0. The summed E-state index contributed by atoms with van der Waals surface area (Å²) in [6.45, 7) is 6.32. The third-order valence-electron chi connectivity index (χ3n) is 11.3. The first-order valence-electron chi connectivity index (χ1n) is 27.4. The Bertz CT molecular complexity index is 1390. The average molecular weight is 929 g/mol. The second-order valence-corrected chi connectivity index (χ2v) is 17.7. The number of allylic oxidation sites excluding steroid dienone is 18. The molecule has 0 aliphatic heterocycles. The monoisotopic (exact) mass is 929 g/mol. The summed E-state index contributed by atoms with van der Waals surface area (Å²) in [4.78, 5) is 38.0. The molecule has 380 valence electrons. The van der Waals surface area contributed by atoms with Crippen LogP contribution in [0.4, 0.5) is 0 Å². The van der Waals surface area contributed by atoms with Crippen LogP contribution in [-0.2, 0) is 28.6 Å². The smallest absolute Gasteiger partial charge is 0.306 e. The van der Waals surface area contributed by atoms with Crippen molar-refractivity contribution >= 4 is 17.9 Å². The lowest BCUT2D eigenvalue weighted by molar-refractivity contribution is -0.166. The second kappa shape index (κ2) is 54.7. The van der Waals surface area contributed by atoms with Crippen molar-refractivity contribution in [1.82, 2.24) is 0 Å². The normalized spacial score (nSPS) is 12.9. The molecule has 0 aromatic carbocycles. The van der Waals surface area contributed by atoms with Crippen LogP contribution in [0.15, 0.2) is 109 Å². The van der Waals surface area contributed by atoms with E-state index in [9.17, 15) is 14.4 Å². The lowest BCUT2D eigenvalue weighted by Gasteiger charge is -2.18. The molecule has 0 saturated carbocycles. The van der Waals surface area contributed by atoms with Gasteiger partial charge in [0.15, 0.2) is 6.10 Å². The number of ether oxygens (including phenoxy) is 3. The molecule has 0 heterocycles. The summed E-state index contributed by atoms with van der Waals surface area (Å²) in [5.74, 6) is -1.01. The van der Waals surface area contributed by atoms with Crippen LogP contribution in [0.5, 0.6) is 0 Å². The molecule has 6 heteroatoms. The first-order chi connectivity index (χ1) is 33.0. The highest BCUT2D eigenvalue weighted by Gasteiger charge is 2.19. The van der Waals surface area contributed by atoms with E-state index in [2.05, 4.69) is 118 Å². The third kappa shape index (κ3) is 52.9. The van der Waals surface area contributed by atoms with E-state index in [-0.39, 0.29) is 31.6 Å². The number of unbranched alkanes of at least 4 members (excludes halogenated alkanes) is 19. The van der Waals surface area contributed by atoms with Gasteiger partial charge in [0.05, 0.1) is 0 Å². The Kier molecular flexibility index (Phi) is 51.5. The Balaban J connectivity index is 4.39. The standard InChI is InChI=1S/C61H100O6/c1-4-7-10-13-16-19-22-25-26-27-28-29-30-31-32-33-34-37-39-42-45-48-51-54-60(63)66-57-58(67-61(64)55-52-49-46-43-40-36-24-21-18-15-12-9-6-3)56-65-59(62)53-50-47-44-41-38-35-23-20-17-14-11-8-5-2/h7,9-10,12,16,18-21,23,25-26,28-29,36,40,46,49,58H,4-6,8,11,13-15,17,22,24,27,30-35,37-39,41-45,47-48,50-57H2,1-3H3/b10-7-,12-9-,19-16-,21-18-,23-20-,26-25-,29-28-,40-36-,49-46-. The molecule has 0 rings (SSSR count). The minimum atomic E-state index is -0.822. The van der Waals surface area contributed by atoms with Crippen LogP contribution in [0.2, 0.25) is 0 Å². The summed E-state index contributed by atoms with van der Waals surface area (Å²) in [6.07, 6.45) is 73.8. The van der Waals surface area contributed by atoms with Gasteiger partial charge in [-0.3, -0.25) is 14.4 Å². The number of esters is 3. The molecular weight excluding hydrogens is 829 g/mol. The molecule has 0 aromatic heterocycles. The zero-order valence-corrected chi connectivity index (χ0v) is 43.4. The molecule has 0 aliphatic carbocycles. The summed E-state index contributed by atoms with van der Waals surface area (Å²) in [5, 5.41) is 0. The largest absolute Gasteiger partial charge is 0.462 e. The van der Waals surface area contributed by atoms with E-state index in [1.165, 1.54) is 89.9 Å². The van der Waals surface area contributed by atoms with Crippen molar-refractivity contribution < 1.29 is 28.6 Å². The fourth-order valence-corrected chi connectivity index (χ4v) is 7.21. The van der Waals surface area contributed by atoms with E-state index in [0.29, 0.717) is 19.3 Å². The maximum Gasteiger partial charge on any atom is 0.306 e. The maximum atomic E-state index is 12.8. The van der Waals surface area contributed by atoms with Gasteiger partial charge in [-0.15, -0.1) is 0 Å². The summed E-state index contributed by atoms with van der Waals surface area (Å²) >= 11 is 0. The lowest BCUT2D eigenvalue weighted by Crippen LogP contribution is -2.30. The molecule has 0 N–H and O–H groups in total. The van der Waals surface area contributed by atoms with Crippen molar-refractivity contribution in [3.05, 3.63) is 109 Å². The Labute approximate surface area is 412 Å². The van der Waals surface area contributed by atoms with Gasteiger partial charge in [0.2, 0.25) is 0 Å². The van der Waals surface area contributed by atoms with Gasteiger partial charge in [-0.25, -0.2) is 0 Å².